The molecule has 0 saturated carbocycles. The summed E-state index contributed by atoms with van der Waals surface area (Å²) >= 11 is 0. The van der Waals surface area contributed by atoms with Gasteiger partial charge in [-0.3, -0.25) is 9.59 Å². The van der Waals surface area contributed by atoms with E-state index in [1.165, 1.54) is 21.6 Å². The molecule has 1 aliphatic carbocycles. The monoisotopic (exact) mass is 407 g/mol. The molecule has 0 aliphatic heterocycles. The molecule has 0 saturated heterocycles. The summed E-state index contributed by atoms with van der Waals surface area (Å²) in [5.74, 6) is -0.496. The van der Waals surface area contributed by atoms with Crippen LogP contribution in [0.2, 0.25) is 0 Å². The summed E-state index contributed by atoms with van der Waals surface area (Å²) in [5, 5.41) is 17.1. The first kappa shape index (κ1) is 21.4. The summed E-state index contributed by atoms with van der Waals surface area (Å²) < 4.78 is 0. The van der Waals surface area contributed by atoms with E-state index in [1.54, 1.807) is 32.3 Å². The molecule has 0 fully saturated rings. The molecule has 2 aromatic carbocycles. The zero-order valence-corrected chi connectivity index (χ0v) is 18.2. The summed E-state index contributed by atoms with van der Waals surface area (Å²) in [6.45, 7) is 6.28. The largest absolute Gasteiger partial charge is 0.505 e. The van der Waals surface area contributed by atoms with Gasteiger partial charge in [-0.25, -0.2) is 0 Å². The number of phenols is 1. The van der Waals surface area contributed by atoms with Crippen LogP contribution in [0.3, 0.4) is 0 Å². The van der Waals surface area contributed by atoms with E-state index in [0.717, 1.165) is 12.1 Å². The van der Waals surface area contributed by atoms with Gasteiger partial charge in [0.25, 0.3) is 5.91 Å². The van der Waals surface area contributed by atoms with Crippen molar-refractivity contribution in [2.75, 3.05) is 19.4 Å². The van der Waals surface area contributed by atoms with Gasteiger partial charge in [-0.1, -0.05) is 31.2 Å². The molecule has 0 radical (unpaired) electrons. The van der Waals surface area contributed by atoms with Crippen molar-refractivity contribution in [1.29, 1.82) is 0 Å². The highest BCUT2D eigenvalue weighted by Crippen LogP contribution is 2.33. The normalized spacial score (nSPS) is 14.2. The van der Waals surface area contributed by atoms with Gasteiger partial charge < -0.3 is 20.6 Å². The molecule has 0 spiro atoms. The van der Waals surface area contributed by atoms with E-state index in [1.807, 2.05) is 0 Å². The Morgan fingerprint density at radius 3 is 2.50 bits per heavy atom. The number of hydrogen-bond acceptors (Lipinski definition) is 5. The number of para-hydroxylation sites is 1. The number of carbonyl (C=O) groups is 2. The average molecular weight is 408 g/mol. The molecule has 158 valence electrons. The van der Waals surface area contributed by atoms with Crippen molar-refractivity contribution in [3.05, 3.63) is 70.0 Å². The molecule has 1 amide bonds. The van der Waals surface area contributed by atoms with E-state index < -0.39 is 0 Å². The molecule has 3 rings (SSSR count). The van der Waals surface area contributed by atoms with Gasteiger partial charge in [0.2, 0.25) is 0 Å². The van der Waals surface area contributed by atoms with Crippen molar-refractivity contribution >= 4 is 17.4 Å². The van der Waals surface area contributed by atoms with Gasteiger partial charge >= 0.3 is 0 Å². The lowest BCUT2D eigenvalue weighted by atomic mass is 9.94. The van der Waals surface area contributed by atoms with E-state index >= 15 is 0 Å². The highest BCUT2D eigenvalue weighted by Gasteiger charge is 2.30. The Morgan fingerprint density at radius 2 is 1.90 bits per heavy atom. The van der Waals surface area contributed by atoms with Gasteiger partial charge in [0.05, 0.1) is 23.7 Å². The van der Waals surface area contributed by atoms with Crippen LogP contribution in [-0.4, -0.2) is 35.8 Å². The van der Waals surface area contributed by atoms with E-state index in [-0.39, 0.29) is 29.0 Å². The second-order valence-electron chi connectivity index (χ2n) is 7.93. The molecule has 2 aromatic rings. The molecule has 1 unspecified atom stereocenters. The number of nitrogens with one attached hydrogen (secondary N) is 2. The number of allylic oxidation sites excluding steroid dienone is 2. The van der Waals surface area contributed by atoms with Crippen LogP contribution in [0.5, 0.6) is 5.75 Å². The molecule has 6 nitrogen and oxygen atoms in total. The van der Waals surface area contributed by atoms with Crippen LogP contribution in [0.4, 0.5) is 5.69 Å². The second-order valence-corrected chi connectivity index (χ2v) is 7.93. The van der Waals surface area contributed by atoms with Gasteiger partial charge in [0, 0.05) is 19.8 Å². The van der Waals surface area contributed by atoms with Crippen LogP contribution in [0.1, 0.15) is 52.9 Å². The maximum atomic E-state index is 12.3. The molecule has 3 N–H and O–H groups in total. The predicted octanol–water partition coefficient (Wildman–Crippen LogP) is 4.05. The first-order chi connectivity index (χ1) is 14.2. The average Bonchev–Trinajstić information content (AvgIpc) is 2.71. The molecule has 30 heavy (non-hydrogen) atoms. The van der Waals surface area contributed by atoms with Crippen molar-refractivity contribution in [2.24, 2.45) is 0 Å². The Morgan fingerprint density at radius 1 is 1.17 bits per heavy atom. The molecular weight excluding hydrogens is 378 g/mol. The number of rotatable bonds is 7. The molecule has 0 aromatic heterocycles. The van der Waals surface area contributed by atoms with Gasteiger partial charge in [0.15, 0.2) is 11.5 Å². The number of aromatic hydroxyl groups is 1. The maximum Gasteiger partial charge on any atom is 0.257 e. The SMILES string of the molecule is CCC(NC1=C(Nc2cccc(C(=O)N(C)C)c2O)C(=O)C1)c1ccc(C)c(C)c1. The Labute approximate surface area is 177 Å². The number of benzene rings is 2. The fourth-order valence-corrected chi connectivity index (χ4v) is 3.47. The van der Waals surface area contributed by atoms with Gasteiger partial charge in [-0.05, 0) is 49.1 Å². The highest BCUT2D eigenvalue weighted by atomic mass is 16.3. The van der Waals surface area contributed by atoms with Gasteiger partial charge in [0.1, 0.15) is 5.70 Å². The number of aryl methyl sites for hydroxylation is 2. The number of amides is 1. The van der Waals surface area contributed by atoms with Gasteiger partial charge in [-0.2, -0.15) is 0 Å². The lowest BCUT2D eigenvalue weighted by molar-refractivity contribution is -0.116. The minimum atomic E-state index is -0.302. The van der Waals surface area contributed by atoms with Crippen LogP contribution in [0, 0.1) is 13.8 Å². The third-order valence-electron chi connectivity index (χ3n) is 5.54. The van der Waals surface area contributed by atoms with Crippen molar-refractivity contribution in [1.82, 2.24) is 10.2 Å². The van der Waals surface area contributed by atoms with Crippen molar-refractivity contribution in [2.45, 2.75) is 39.7 Å². The fraction of sp³-hybridized carbons (Fsp3) is 0.333. The molecule has 1 atom stereocenters. The highest BCUT2D eigenvalue weighted by molar-refractivity contribution is 6.07. The number of ketones is 1. The first-order valence-electron chi connectivity index (χ1n) is 10.1. The van der Waals surface area contributed by atoms with E-state index in [2.05, 4.69) is 49.6 Å². The molecular formula is C24H29N3O3. The minimum absolute atomic E-state index is 0.0313. The molecule has 1 aliphatic rings. The lowest BCUT2D eigenvalue weighted by Crippen LogP contribution is -2.34. The smallest absolute Gasteiger partial charge is 0.257 e. The summed E-state index contributed by atoms with van der Waals surface area (Å²) in [4.78, 5) is 25.9. The van der Waals surface area contributed by atoms with Crippen LogP contribution in [0.25, 0.3) is 0 Å². The lowest BCUT2D eigenvalue weighted by Gasteiger charge is -2.29. The van der Waals surface area contributed by atoms with Crippen molar-refractivity contribution < 1.29 is 14.7 Å². The maximum absolute atomic E-state index is 12.3. The number of hydrogen-bond donors (Lipinski definition) is 3. The standard InChI is InChI=1S/C24H29N3O3/c1-6-18(16-11-10-14(2)15(3)12-16)25-20-13-21(28)22(20)26-19-9-7-8-17(23(19)29)24(30)27(4)5/h7-12,18,25-26,29H,6,13H2,1-5H3. The Hall–Kier alpha value is -3.28. The van der Waals surface area contributed by atoms with Crippen LogP contribution in [-0.2, 0) is 4.79 Å². The number of carbonyl (C=O) groups excluding carboxylic acids is 2. The summed E-state index contributed by atoms with van der Waals surface area (Å²) in [6.07, 6.45) is 1.19. The third-order valence-corrected chi connectivity index (χ3v) is 5.54. The zero-order valence-electron chi connectivity index (χ0n) is 18.2. The quantitative estimate of drug-likeness (QED) is 0.604. The minimum Gasteiger partial charge on any atom is -0.505 e. The summed E-state index contributed by atoms with van der Waals surface area (Å²) in [6, 6.07) is 11.4. The molecule has 0 bridgehead atoms. The summed E-state index contributed by atoms with van der Waals surface area (Å²) in [5.41, 5.74) is 5.43. The van der Waals surface area contributed by atoms with Crippen LogP contribution < -0.4 is 10.6 Å². The Balaban J connectivity index is 1.85. The number of phenolic OH excluding ortho intramolecular Hbond substituents is 1. The second kappa shape index (κ2) is 8.61. The topological polar surface area (TPSA) is 81.7 Å². The fourth-order valence-electron chi connectivity index (χ4n) is 3.47. The molecule has 6 heteroatoms. The van der Waals surface area contributed by atoms with Crippen molar-refractivity contribution in [3.63, 3.8) is 0 Å². The number of Topliss-reactive ketones (excluding diaryl/α,β-unsaturated/α-hetero) is 1. The first-order valence-corrected chi connectivity index (χ1v) is 10.1. The summed E-state index contributed by atoms with van der Waals surface area (Å²) in [7, 11) is 3.25. The Kier molecular flexibility index (Phi) is 6.15. The predicted molar refractivity (Wildman–Crippen MR) is 118 cm³/mol. The third kappa shape index (κ3) is 4.17. The van der Waals surface area contributed by atoms with E-state index in [4.69, 9.17) is 0 Å². The number of nitrogens with zero attached hydrogens (tertiary/aromatic N) is 1. The van der Waals surface area contributed by atoms with Gasteiger partial charge in [-0.15, -0.1) is 0 Å². The van der Waals surface area contributed by atoms with Crippen molar-refractivity contribution in [3.8, 4) is 5.75 Å². The van der Waals surface area contributed by atoms with E-state index in [9.17, 15) is 14.7 Å². The van der Waals surface area contributed by atoms with Crippen LogP contribution in [0.15, 0.2) is 47.8 Å². The zero-order chi connectivity index (χ0) is 22.0. The molecule has 0 heterocycles. The Bertz CT molecular complexity index is 1020. The van der Waals surface area contributed by atoms with Crippen LogP contribution >= 0.6 is 0 Å². The number of anilines is 1. The van der Waals surface area contributed by atoms with E-state index in [0.29, 0.717) is 17.8 Å².